The van der Waals surface area contributed by atoms with Gasteiger partial charge < -0.3 is 25.0 Å². The molecule has 2 heterocycles. The third kappa shape index (κ3) is 5.12. The van der Waals surface area contributed by atoms with E-state index >= 15 is 0 Å². The lowest BCUT2D eigenvalue weighted by atomic mass is 10.1. The maximum absolute atomic E-state index is 12.4. The molecule has 2 unspecified atom stereocenters. The van der Waals surface area contributed by atoms with E-state index in [2.05, 4.69) is 15.2 Å². The van der Waals surface area contributed by atoms with Gasteiger partial charge in [0.05, 0.1) is 6.10 Å². The molecule has 0 radical (unpaired) electrons. The topological polar surface area (TPSA) is 77.4 Å². The van der Waals surface area contributed by atoms with Gasteiger partial charge in [-0.2, -0.15) is 0 Å². The zero-order valence-electron chi connectivity index (χ0n) is 15.6. The second kappa shape index (κ2) is 9.39. The van der Waals surface area contributed by atoms with Gasteiger partial charge in [0.25, 0.3) is 5.91 Å². The number of amides is 1. The van der Waals surface area contributed by atoms with Crippen LogP contribution < -0.4 is 5.32 Å². The summed E-state index contributed by atoms with van der Waals surface area (Å²) in [6.45, 7) is 3.72. The van der Waals surface area contributed by atoms with Gasteiger partial charge in [-0.05, 0) is 30.5 Å². The van der Waals surface area contributed by atoms with Gasteiger partial charge in [0.15, 0.2) is 5.96 Å². The molecular weight excluding hydrogens is 368 g/mol. The average Bonchev–Trinajstić information content (AvgIpc) is 3.23. The van der Waals surface area contributed by atoms with E-state index in [1.807, 2.05) is 17.0 Å². The molecule has 2 N–H and O–H groups in total. The maximum atomic E-state index is 12.4. The van der Waals surface area contributed by atoms with Crippen LogP contribution in [0.5, 0.6) is 0 Å². The summed E-state index contributed by atoms with van der Waals surface area (Å²) >= 11 is 5.98. The Kier molecular flexibility index (Phi) is 6.93. The molecule has 27 heavy (non-hydrogen) atoms. The monoisotopic (exact) mass is 394 g/mol. The molecular formula is C19H27ClN4O3. The van der Waals surface area contributed by atoms with Gasteiger partial charge in [-0.25, -0.2) is 0 Å². The normalized spacial score (nSPS) is 22.0. The predicted molar refractivity (Wildman–Crippen MR) is 105 cm³/mol. The molecule has 2 aliphatic heterocycles. The van der Waals surface area contributed by atoms with Crippen molar-refractivity contribution in [3.05, 3.63) is 34.9 Å². The highest BCUT2D eigenvalue weighted by Gasteiger charge is 2.30. The van der Waals surface area contributed by atoms with Gasteiger partial charge in [-0.1, -0.05) is 23.7 Å². The molecule has 8 heteroatoms. The largest absolute Gasteiger partial charge is 0.387 e. The van der Waals surface area contributed by atoms with Crippen molar-refractivity contribution in [2.45, 2.75) is 25.0 Å². The maximum Gasteiger partial charge on any atom is 0.251 e. The van der Waals surface area contributed by atoms with Crippen molar-refractivity contribution < 1.29 is 14.6 Å². The van der Waals surface area contributed by atoms with E-state index in [1.165, 1.54) is 0 Å². The highest BCUT2D eigenvalue weighted by atomic mass is 35.5. The minimum absolute atomic E-state index is 0.103. The number of benzene rings is 1. The van der Waals surface area contributed by atoms with Crippen LogP contribution in [0.3, 0.4) is 0 Å². The Bertz CT molecular complexity index is 671. The van der Waals surface area contributed by atoms with E-state index in [1.54, 1.807) is 19.2 Å². The molecule has 2 fully saturated rings. The number of halogens is 1. The van der Waals surface area contributed by atoms with E-state index in [9.17, 15) is 9.90 Å². The molecule has 0 aromatic heterocycles. The summed E-state index contributed by atoms with van der Waals surface area (Å²) in [6.07, 6.45) is 0.843. The fourth-order valence-electron chi connectivity index (χ4n) is 3.47. The third-order valence-corrected chi connectivity index (χ3v) is 5.23. The highest BCUT2D eigenvalue weighted by Crippen LogP contribution is 2.18. The second-order valence-corrected chi connectivity index (χ2v) is 7.25. The smallest absolute Gasteiger partial charge is 0.251 e. The molecule has 2 atom stereocenters. The first-order valence-electron chi connectivity index (χ1n) is 9.38. The van der Waals surface area contributed by atoms with E-state index in [0.29, 0.717) is 44.4 Å². The Morgan fingerprint density at radius 1 is 1.37 bits per heavy atom. The number of aliphatic imine (C=N–C) groups is 1. The molecule has 1 aromatic rings. The lowest BCUT2D eigenvalue weighted by Gasteiger charge is -2.37. The summed E-state index contributed by atoms with van der Waals surface area (Å²) in [7, 11) is 1.72. The summed E-state index contributed by atoms with van der Waals surface area (Å²) in [5, 5.41) is 14.2. The SMILES string of the molecule is CN=C(NCC(O)c1cccc(Cl)c1)N1CCN(C(=O)C2CCCO2)CC1. The quantitative estimate of drug-likeness (QED) is 0.594. The summed E-state index contributed by atoms with van der Waals surface area (Å²) in [4.78, 5) is 20.7. The van der Waals surface area contributed by atoms with Gasteiger partial charge in [0.1, 0.15) is 6.10 Å². The van der Waals surface area contributed by atoms with Crippen LogP contribution in [0.1, 0.15) is 24.5 Å². The van der Waals surface area contributed by atoms with Crippen LogP contribution in [0.15, 0.2) is 29.3 Å². The molecule has 2 saturated heterocycles. The zero-order chi connectivity index (χ0) is 19.2. The van der Waals surface area contributed by atoms with Crippen molar-refractivity contribution in [1.82, 2.24) is 15.1 Å². The summed E-state index contributed by atoms with van der Waals surface area (Å²) in [6, 6.07) is 7.20. The standard InChI is InChI=1S/C19H27ClN4O3/c1-21-19(22-13-16(25)14-4-2-5-15(20)12-14)24-9-7-23(8-10-24)18(26)17-6-3-11-27-17/h2,4-5,12,16-17,25H,3,6-11,13H2,1H3,(H,21,22). The first kappa shape index (κ1) is 19.9. The number of rotatable bonds is 4. The van der Waals surface area contributed by atoms with E-state index in [-0.39, 0.29) is 12.0 Å². The summed E-state index contributed by atoms with van der Waals surface area (Å²) in [5.41, 5.74) is 0.762. The number of hydrogen-bond acceptors (Lipinski definition) is 4. The highest BCUT2D eigenvalue weighted by molar-refractivity contribution is 6.30. The van der Waals surface area contributed by atoms with Crippen molar-refractivity contribution in [3.8, 4) is 0 Å². The molecule has 0 saturated carbocycles. The van der Waals surface area contributed by atoms with Crippen LogP contribution in [-0.2, 0) is 9.53 Å². The Morgan fingerprint density at radius 3 is 2.74 bits per heavy atom. The van der Waals surface area contributed by atoms with Crippen molar-refractivity contribution in [2.24, 2.45) is 4.99 Å². The minimum Gasteiger partial charge on any atom is -0.387 e. The van der Waals surface area contributed by atoms with E-state index < -0.39 is 6.10 Å². The first-order valence-corrected chi connectivity index (χ1v) is 9.76. The lowest BCUT2D eigenvalue weighted by molar-refractivity contribution is -0.142. The molecule has 3 rings (SSSR count). The van der Waals surface area contributed by atoms with Gasteiger partial charge in [-0.15, -0.1) is 0 Å². The van der Waals surface area contributed by atoms with Gasteiger partial charge in [0, 0.05) is 51.4 Å². The van der Waals surface area contributed by atoms with Crippen LogP contribution >= 0.6 is 11.6 Å². The van der Waals surface area contributed by atoms with Crippen LogP contribution in [-0.4, -0.2) is 79.3 Å². The summed E-state index contributed by atoms with van der Waals surface area (Å²) < 4.78 is 5.50. The molecule has 2 aliphatic rings. The van der Waals surface area contributed by atoms with E-state index in [0.717, 1.165) is 24.4 Å². The Labute approximate surface area is 165 Å². The summed E-state index contributed by atoms with van der Waals surface area (Å²) in [5.74, 6) is 0.826. The fourth-order valence-corrected chi connectivity index (χ4v) is 3.67. The van der Waals surface area contributed by atoms with Crippen molar-refractivity contribution in [1.29, 1.82) is 0 Å². The number of aliphatic hydroxyl groups excluding tert-OH is 1. The Morgan fingerprint density at radius 2 is 2.11 bits per heavy atom. The Balaban J connectivity index is 1.48. The molecule has 0 spiro atoms. The number of carbonyl (C=O) groups excluding carboxylic acids is 1. The number of ether oxygens (including phenoxy) is 1. The molecule has 1 aromatic carbocycles. The van der Waals surface area contributed by atoms with Crippen molar-refractivity contribution in [2.75, 3.05) is 46.4 Å². The number of nitrogens with one attached hydrogen (secondary N) is 1. The number of nitrogens with zero attached hydrogens (tertiary/aromatic N) is 3. The van der Waals surface area contributed by atoms with Gasteiger partial charge in [0.2, 0.25) is 0 Å². The number of hydrogen-bond donors (Lipinski definition) is 2. The van der Waals surface area contributed by atoms with Crippen molar-refractivity contribution in [3.63, 3.8) is 0 Å². The zero-order valence-corrected chi connectivity index (χ0v) is 16.4. The van der Waals surface area contributed by atoms with Crippen LogP contribution in [0, 0.1) is 0 Å². The number of piperazine rings is 1. The third-order valence-electron chi connectivity index (χ3n) is 4.99. The van der Waals surface area contributed by atoms with Crippen LogP contribution in [0.2, 0.25) is 5.02 Å². The van der Waals surface area contributed by atoms with E-state index in [4.69, 9.17) is 16.3 Å². The Hall–Kier alpha value is -1.83. The lowest BCUT2D eigenvalue weighted by Crippen LogP contribution is -2.55. The van der Waals surface area contributed by atoms with Crippen LogP contribution in [0.25, 0.3) is 0 Å². The van der Waals surface area contributed by atoms with Gasteiger partial charge in [-0.3, -0.25) is 9.79 Å². The second-order valence-electron chi connectivity index (χ2n) is 6.81. The number of aliphatic hydroxyl groups is 1. The predicted octanol–water partition coefficient (Wildman–Crippen LogP) is 1.27. The average molecular weight is 395 g/mol. The van der Waals surface area contributed by atoms with Gasteiger partial charge >= 0.3 is 0 Å². The first-order chi connectivity index (χ1) is 13.1. The number of carbonyl (C=O) groups is 1. The molecule has 148 valence electrons. The molecule has 7 nitrogen and oxygen atoms in total. The fraction of sp³-hybridized carbons (Fsp3) is 0.579. The van der Waals surface area contributed by atoms with Crippen LogP contribution in [0.4, 0.5) is 0 Å². The molecule has 0 aliphatic carbocycles. The number of guanidine groups is 1. The minimum atomic E-state index is -0.678. The molecule has 0 bridgehead atoms. The van der Waals surface area contributed by atoms with Crippen molar-refractivity contribution >= 4 is 23.5 Å². The molecule has 1 amide bonds.